The standard InChI is InChI=1S/C18H23Cl2N5O3/c1-11-22-23-15(25(11)4)9-24(3)10-16(26)21-18(2,17(27)28-5)12-6-7-13(19)14(20)8-12/h6-8H,9-10H2,1-5H3,(H,21,26). The molecule has 1 atom stereocenters. The lowest BCUT2D eigenvalue weighted by molar-refractivity contribution is -0.150. The van der Waals surface area contributed by atoms with Gasteiger partial charge in [-0.1, -0.05) is 29.3 Å². The molecule has 0 aliphatic carbocycles. The molecule has 2 aromatic rings. The van der Waals surface area contributed by atoms with Gasteiger partial charge in [-0.2, -0.15) is 0 Å². The largest absolute Gasteiger partial charge is 0.467 e. The molecule has 0 saturated heterocycles. The number of amides is 1. The molecule has 1 aromatic carbocycles. The smallest absolute Gasteiger partial charge is 0.336 e. The lowest BCUT2D eigenvalue weighted by atomic mass is 9.92. The highest BCUT2D eigenvalue weighted by atomic mass is 35.5. The van der Waals surface area contributed by atoms with E-state index < -0.39 is 11.5 Å². The average Bonchev–Trinajstić information content (AvgIpc) is 2.94. The van der Waals surface area contributed by atoms with Crippen LogP contribution in [0.2, 0.25) is 10.0 Å². The van der Waals surface area contributed by atoms with E-state index in [9.17, 15) is 9.59 Å². The Morgan fingerprint density at radius 2 is 1.96 bits per heavy atom. The number of halogens is 2. The summed E-state index contributed by atoms with van der Waals surface area (Å²) in [7, 11) is 4.89. The highest BCUT2D eigenvalue weighted by molar-refractivity contribution is 6.42. The minimum Gasteiger partial charge on any atom is -0.467 e. The van der Waals surface area contributed by atoms with Crippen LogP contribution in [0.15, 0.2) is 18.2 Å². The Bertz CT molecular complexity index is 886. The molecule has 0 radical (unpaired) electrons. The molecule has 152 valence electrons. The van der Waals surface area contributed by atoms with Crippen molar-refractivity contribution in [2.24, 2.45) is 7.05 Å². The van der Waals surface area contributed by atoms with Crippen LogP contribution in [0, 0.1) is 6.92 Å². The van der Waals surface area contributed by atoms with E-state index in [-0.39, 0.29) is 17.5 Å². The van der Waals surface area contributed by atoms with E-state index in [2.05, 4.69) is 15.5 Å². The number of hydrogen-bond donors (Lipinski definition) is 1. The fourth-order valence-electron chi connectivity index (χ4n) is 2.70. The zero-order valence-electron chi connectivity index (χ0n) is 16.4. The second kappa shape index (κ2) is 8.89. The Balaban J connectivity index is 2.15. The summed E-state index contributed by atoms with van der Waals surface area (Å²) in [5, 5.41) is 11.5. The van der Waals surface area contributed by atoms with Gasteiger partial charge in [0.2, 0.25) is 5.91 Å². The molecule has 0 aliphatic rings. The number of nitrogens with one attached hydrogen (secondary N) is 1. The molecule has 2 rings (SSSR count). The molecule has 10 heteroatoms. The summed E-state index contributed by atoms with van der Waals surface area (Å²) in [6.45, 7) is 3.87. The number of carbonyl (C=O) groups is 2. The summed E-state index contributed by atoms with van der Waals surface area (Å²) >= 11 is 12.0. The van der Waals surface area contributed by atoms with Crippen molar-refractivity contribution in [1.82, 2.24) is 25.0 Å². The van der Waals surface area contributed by atoms with Gasteiger partial charge in [-0.05, 0) is 38.6 Å². The summed E-state index contributed by atoms with van der Waals surface area (Å²) in [6, 6.07) is 4.72. The molecule has 1 amide bonds. The predicted octanol–water partition coefficient (Wildman–Crippen LogP) is 2.07. The second-order valence-electron chi connectivity index (χ2n) is 6.69. The van der Waals surface area contributed by atoms with Crippen LogP contribution >= 0.6 is 23.2 Å². The molecule has 0 saturated carbocycles. The zero-order chi connectivity index (χ0) is 21.1. The van der Waals surface area contributed by atoms with Gasteiger partial charge in [0, 0.05) is 7.05 Å². The van der Waals surface area contributed by atoms with Gasteiger partial charge in [0.25, 0.3) is 0 Å². The Morgan fingerprint density at radius 3 is 2.50 bits per heavy atom. The zero-order valence-corrected chi connectivity index (χ0v) is 17.9. The van der Waals surface area contributed by atoms with E-state index in [1.165, 1.54) is 13.2 Å². The number of carbonyl (C=O) groups excluding carboxylic acids is 2. The summed E-state index contributed by atoms with van der Waals surface area (Å²) in [6.07, 6.45) is 0. The van der Waals surface area contributed by atoms with Crippen molar-refractivity contribution in [1.29, 1.82) is 0 Å². The minimum absolute atomic E-state index is 0.0415. The Morgan fingerprint density at radius 1 is 1.29 bits per heavy atom. The van der Waals surface area contributed by atoms with Crippen LogP contribution in [0.25, 0.3) is 0 Å². The van der Waals surface area contributed by atoms with Crippen LogP contribution in [-0.2, 0) is 33.5 Å². The molecule has 8 nitrogen and oxygen atoms in total. The Hall–Kier alpha value is -2.16. The van der Waals surface area contributed by atoms with E-state index >= 15 is 0 Å². The fraction of sp³-hybridized carbons (Fsp3) is 0.444. The minimum atomic E-state index is -1.41. The predicted molar refractivity (Wildman–Crippen MR) is 106 cm³/mol. The number of nitrogens with zero attached hydrogens (tertiary/aromatic N) is 4. The third-order valence-corrected chi connectivity index (χ3v) is 5.23. The van der Waals surface area contributed by atoms with Crippen LogP contribution in [0.4, 0.5) is 0 Å². The van der Waals surface area contributed by atoms with Crippen LogP contribution in [0.3, 0.4) is 0 Å². The molecule has 1 N–H and O–H groups in total. The molecule has 0 bridgehead atoms. The van der Waals surface area contributed by atoms with Crippen LogP contribution in [-0.4, -0.2) is 52.2 Å². The number of benzene rings is 1. The summed E-state index contributed by atoms with van der Waals surface area (Å²) in [5.41, 5.74) is -0.948. The number of esters is 1. The first-order valence-electron chi connectivity index (χ1n) is 8.47. The number of methoxy groups -OCH3 is 1. The molecule has 0 spiro atoms. The quantitative estimate of drug-likeness (QED) is 0.680. The van der Waals surface area contributed by atoms with E-state index in [0.29, 0.717) is 17.1 Å². The van der Waals surface area contributed by atoms with Crippen molar-refractivity contribution in [2.75, 3.05) is 20.7 Å². The molecule has 0 aliphatic heterocycles. The third-order valence-electron chi connectivity index (χ3n) is 4.49. The first kappa shape index (κ1) is 22.1. The van der Waals surface area contributed by atoms with Gasteiger partial charge in [0.05, 0.1) is 30.2 Å². The molecular weight excluding hydrogens is 405 g/mol. The monoisotopic (exact) mass is 427 g/mol. The molecule has 0 fully saturated rings. The number of rotatable bonds is 7. The molecule has 28 heavy (non-hydrogen) atoms. The maximum atomic E-state index is 12.6. The topological polar surface area (TPSA) is 89.3 Å². The SMILES string of the molecule is COC(=O)C(C)(NC(=O)CN(C)Cc1nnc(C)n1C)c1ccc(Cl)c(Cl)c1. The lowest BCUT2D eigenvalue weighted by Crippen LogP contribution is -2.52. The normalized spacial score (nSPS) is 13.3. The third kappa shape index (κ3) is 4.81. The van der Waals surface area contributed by atoms with Crippen molar-refractivity contribution in [2.45, 2.75) is 25.9 Å². The summed E-state index contributed by atoms with van der Waals surface area (Å²) < 4.78 is 6.74. The van der Waals surface area contributed by atoms with Gasteiger partial charge in [-0.25, -0.2) is 4.79 Å². The van der Waals surface area contributed by atoms with Crippen LogP contribution in [0.5, 0.6) is 0 Å². The number of ether oxygens (including phenoxy) is 1. The lowest BCUT2D eigenvalue weighted by Gasteiger charge is -2.29. The number of likely N-dealkylation sites (N-methyl/N-ethyl adjacent to an activating group) is 1. The average molecular weight is 428 g/mol. The summed E-state index contributed by atoms with van der Waals surface area (Å²) in [4.78, 5) is 26.8. The van der Waals surface area contributed by atoms with E-state index in [4.69, 9.17) is 27.9 Å². The number of aryl methyl sites for hydroxylation is 1. The number of aromatic nitrogens is 3. The van der Waals surface area contributed by atoms with Gasteiger partial charge < -0.3 is 14.6 Å². The van der Waals surface area contributed by atoms with Crippen molar-refractivity contribution in [3.05, 3.63) is 45.5 Å². The van der Waals surface area contributed by atoms with Crippen molar-refractivity contribution < 1.29 is 14.3 Å². The van der Waals surface area contributed by atoms with Gasteiger partial charge in [-0.3, -0.25) is 9.69 Å². The number of hydrogen-bond acceptors (Lipinski definition) is 6. The highest BCUT2D eigenvalue weighted by Crippen LogP contribution is 2.29. The molecule has 1 heterocycles. The van der Waals surface area contributed by atoms with Crippen molar-refractivity contribution in [3.63, 3.8) is 0 Å². The summed E-state index contributed by atoms with van der Waals surface area (Å²) in [5.74, 6) is 0.532. The van der Waals surface area contributed by atoms with Gasteiger partial charge in [0.1, 0.15) is 11.6 Å². The first-order chi connectivity index (χ1) is 13.1. The Labute approximate surface area is 173 Å². The van der Waals surface area contributed by atoms with Crippen LogP contribution < -0.4 is 5.32 Å². The van der Waals surface area contributed by atoms with E-state index in [1.807, 2.05) is 18.5 Å². The second-order valence-corrected chi connectivity index (χ2v) is 7.50. The van der Waals surface area contributed by atoms with E-state index in [1.54, 1.807) is 31.0 Å². The molecule has 1 unspecified atom stereocenters. The van der Waals surface area contributed by atoms with E-state index in [0.717, 1.165) is 11.6 Å². The highest BCUT2D eigenvalue weighted by Gasteiger charge is 2.38. The van der Waals surface area contributed by atoms with Crippen molar-refractivity contribution >= 4 is 35.1 Å². The van der Waals surface area contributed by atoms with Crippen molar-refractivity contribution in [3.8, 4) is 0 Å². The van der Waals surface area contributed by atoms with Gasteiger partial charge in [0.15, 0.2) is 5.54 Å². The molecular formula is C18H23Cl2N5O3. The van der Waals surface area contributed by atoms with Crippen LogP contribution in [0.1, 0.15) is 24.1 Å². The first-order valence-corrected chi connectivity index (χ1v) is 9.22. The maximum Gasteiger partial charge on any atom is 0.336 e. The Kier molecular flexibility index (Phi) is 7.03. The van der Waals surface area contributed by atoms with Gasteiger partial charge in [-0.15, -0.1) is 10.2 Å². The molecule has 1 aromatic heterocycles. The fourth-order valence-corrected chi connectivity index (χ4v) is 3.00. The maximum absolute atomic E-state index is 12.6. The van der Waals surface area contributed by atoms with Gasteiger partial charge >= 0.3 is 5.97 Å².